The maximum Gasteiger partial charge on any atom is 0.321 e. The number of fused-ring (bicyclic) bond motifs is 1. The minimum atomic E-state index is -0.438. The molecule has 0 atom stereocenters. The van der Waals surface area contributed by atoms with Crippen LogP contribution in [0.5, 0.6) is 11.5 Å². The zero-order valence-electron chi connectivity index (χ0n) is 17.1. The molecule has 3 rings (SSSR count). The Balaban J connectivity index is 1.47. The van der Waals surface area contributed by atoms with Gasteiger partial charge in [-0.15, -0.1) is 0 Å². The van der Waals surface area contributed by atoms with E-state index in [1.807, 2.05) is 60.7 Å². The van der Waals surface area contributed by atoms with Crippen molar-refractivity contribution in [2.45, 2.75) is 13.0 Å². The van der Waals surface area contributed by atoms with Gasteiger partial charge in [0.15, 0.2) is 17.5 Å². The number of para-hydroxylation sites is 1. The molecule has 7 nitrogen and oxygen atoms in total. The molecule has 0 spiro atoms. The molecule has 0 radical (unpaired) electrons. The molecule has 0 bridgehead atoms. The van der Waals surface area contributed by atoms with Gasteiger partial charge in [0.25, 0.3) is 0 Å². The lowest BCUT2D eigenvalue weighted by atomic mass is 10.0. The maximum absolute atomic E-state index is 12.1. The molecule has 0 saturated heterocycles. The van der Waals surface area contributed by atoms with Crippen LogP contribution in [-0.4, -0.2) is 32.8 Å². The molecule has 0 aliphatic rings. The number of guanidine groups is 1. The summed E-state index contributed by atoms with van der Waals surface area (Å²) in [5.74, 6) is 1.25. The summed E-state index contributed by atoms with van der Waals surface area (Å²) in [6.45, 7) is 0.841. The van der Waals surface area contributed by atoms with Crippen LogP contribution in [0.1, 0.15) is 11.1 Å². The van der Waals surface area contributed by atoms with Crippen molar-refractivity contribution in [3.8, 4) is 11.5 Å². The van der Waals surface area contributed by atoms with Crippen molar-refractivity contribution >= 4 is 22.8 Å². The van der Waals surface area contributed by atoms with E-state index in [1.54, 1.807) is 14.2 Å². The first kappa shape index (κ1) is 21.0. The zero-order chi connectivity index (χ0) is 21.3. The Morgan fingerprint density at radius 3 is 2.43 bits per heavy atom. The number of benzene rings is 3. The lowest BCUT2D eigenvalue weighted by Crippen LogP contribution is -2.45. The predicted octanol–water partition coefficient (Wildman–Crippen LogP) is 3.42. The van der Waals surface area contributed by atoms with Crippen LogP contribution < -0.4 is 25.4 Å². The number of hydrogen-bond donors (Lipinski definition) is 4. The summed E-state index contributed by atoms with van der Waals surface area (Å²) in [6, 6.07) is 19.3. The Bertz CT molecular complexity index is 1030. The Kier molecular flexibility index (Phi) is 7.10. The molecule has 4 N–H and O–H groups in total. The molecule has 0 aromatic heterocycles. The molecule has 3 aromatic rings. The van der Waals surface area contributed by atoms with E-state index in [0.29, 0.717) is 31.0 Å². The minimum Gasteiger partial charge on any atom is -0.493 e. The zero-order valence-corrected chi connectivity index (χ0v) is 17.1. The molecule has 2 amide bonds. The van der Waals surface area contributed by atoms with Crippen molar-refractivity contribution in [1.82, 2.24) is 16.0 Å². The monoisotopic (exact) mass is 406 g/mol. The van der Waals surface area contributed by atoms with Gasteiger partial charge < -0.3 is 20.1 Å². The van der Waals surface area contributed by atoms with Crippen LogP contribution in [0.3, 0.4) is 0 Å². The average Bonchev–Trinajstić information content (AvgIpc) is 2.77. The van der Waals surface area contributed by atoms with E-state index in [4.69, 9.17) is 14.9 Å². The first-order valence-electron chi connectivity index (χ1n) is 9.66. The highest BCUT2D eigenvalue weighted by atomic mass is 16.5. The van der Waals surface area contributed by atoms with E-state index < -0.39 is 6.03 Å². The molecule has 0 aliphatic heterocycles. The van der Waals surface area contributed by atoms with Crippen molar-refractivity contribution in [2.75, 3.05) is 20.8 Å². The summed E-state index contributed by atoms with van der Waals surface area (Å²) in [4.78, 5) is 12.1. The predicted molar refractivity (Wildman–Crippen MR) is 118 cm³/mol. The minimum absolute atomic E-state index is 0.0561. The summed E-state index contributed by atoms with van der Waals surface area (Å²) in [5.41, 5.74) is 1.99. The third kappa shape index (κ3) is 5.20. The van der Waals surface area contributed by atoms with Crippen molar-refractivity contribution in [3.05, 3.63) is 71.8 Å². The fraction of sp³-hybridized carbons (Fsp3) is 0.217. The number of hydrogen-bond acceptors (Lipinski definition) is 4. The molecule has 156 valence electrons. The van der Waals surface area contributed by atoms with Crippen LogP contribution in [-0.2, 0) is 13.0 Å². The van der Waals surface area contributed by atoms with Crippen molar-refractivity contribution in [1.29, 1.82) is 5.41 Å². The topological polar surface area (TPSA) is 95.5 Å². The smallest absolute Gasteiger partial charge is 0.321 e. The third-order valence-electron chi connectivity index (χ3n) is 4.74. The second-order valence-electron chi connectivity index (χ2n) is 6.65. The van der Waals surface area contributed by atoms with Crippen LogP contribution in [0, 0.1) is 5.41 Å². The number of ether oxygens (including phenoxy) is 2. The largest absolute Gasteiger partial charge is 0.493 e. The molecule has 0 heterocycles. The number of nitrogens with one attached hydrogen (secondary N) is 4. The van der Waals surface area contributed by atoms with Gasteiger partial charge in [-0.3, -0.25) is 10.7 Å². The lowest BCUT2D eigenvalue weighted by molar-refractivity contribution is 0.245. The average molecular weight is 406 g/mol. The maximum atomic E-state index is 12.1. The number of urea groups is 1. The summed E-state index contributed by atoms with van der Waals surface area (Å²) in [5, 5.41) is 18.4. The third-order valence-corrected chi connectivity index (χ3v) is 4.74. The molecule has 7 heteroatoms. The van der Waals surface area contributed by atoms with E-state index >= 15 is 0 Å². The molecule has 0 aliphatic carbocycles. The first-order valence-corrected chi connectivity index (χ1v) is 9.66. The highest BCUT2D eigenvalue weighted by Gasteiger charge is 2.10. The molecule has 3 aromatic carbocycles. The van der Waals surface area contributed by atoms with Gasteiger partial charge in [-0.2, -0.15) is 0 Å². The summed E-state index contributed by atoms with van der Waals surface area (Å²) < 4.78 is 10.7. The van der Waals surface area contributed by atoms with Gasteiger partial charge in [0, 0.05) is 13.1 Å². The van der Waals surface area contributed by atoms with Gasteiger partial charge >= 0.3 is 6.03 Å². The van der Waals surface area contributed by atoms with Gasteiger partial charge in [0.1, 0.15) is 0 Å². The Morgan fingerprint density at radius 2 is 1.63 bits per heavy atom. The van der Waals surface area contributed by atoms with Gasteiger partial charge in [-0.1, -0.05) is 54.6 Å². The Hall–Kier alpha value is -3.74. The second-order valence-corrected chi connectivity index (χ2v) is 6.65. The van der Waals surface area contributed by atoms with Crippen LogP contribution in [0.4, 0.5) is 4.79 Å². The normalized spacial score (nSPS) is 10.3. The fourth-order valence-corrected chi connectivity index (χ4v) is 3.29. The van der Waals surface area contributed by atoms with Gasteiger partial charge in [0.05, 0.1) is 14.2 Å². The summed E-state index contributed by atoms with van der Waals surface area (Å²) in [6.07, 6.45) is 0.574. The Morgan fingerprint density at radius 1 is 0.900 bits per heavy atom. The van der Waals surface area contributed by atoms with E-state index in [2.05, 4.69) is 16.0 Å². The van der Waals surface area contributed by atoms with Crippen LogP contribution in [0.15, 0.2) is 60.7 Å². The van der Waals surface area contributed by atoms with Crippen molar-refractivity contribution in [2.24, 2.45) is 0 Å². The standard InChI is InChI=1S/C23H26N4O3/c1-29-20-12-6-9-17(21(20)30-2)13-14-25-23(28)27-22(24)26-15-18-10-5-8-16-7-3-4-11-19(16)18/h3-12H,13-15H2,1-2H3,(H4,24,25,26,27,28). The SMILES string of the molecule is COc1cccc(CCNC(=O)NC(=N)NCc2cccc3ccccc23)c1OC. The van der Waals surface area contributed by atoms with Gasteiger partial charge in [0.2, 0.25) is 0 Å². The summed E-state index contributed by atoms with van der Waals surface area (Å²) in [7, 11) is 3.18. The molecule has 0 saturated carbocycles. The van der Waals surface area contributed by atoms with E-state index in [1.165, 1.54) is 0 Å². The van der Waals surface area contributed by atoms with Crippen LogP contribution in [0.2, 0.25) is 0 Å². The first-order chi connectivity index (χ1) is 14.6. The summed E-state index contributed by atoms with van der Waals surface area (Å²) >= 11 is 0. The number of carbonyl (C=O) groups excluding carboxylic acids is 1. The van der Waals surface area contributed by atoms with E-state index in [-0.39, 0.29) is 5.96 Å². The van der Waals surface area contributed by atoms with E-state index in [0.717, 1.165) is 21.9 Å². The van der Waals surface area contributed by atoms with Crippen molar-refractivity contribution < 1.29 is 14.3 Å². The van der Waals surface area contributed by atoms with E-state index in [9.17, 15) is 4.79 Å². The highest BCUT2D eigenvalue weighted by Crippen LogP contribution is 2.30. The lowest BCUT2D eigenvalue weighted by Gasteiger charge is -2.14. The van der Waals surface area contributed by atoms with Crippen LogP contribution in [0.25, 0.3) is 10.8 Å². The molecular formula is C23H26N4O3. The number of rotatable bonds is 7. The molecule has 0 fully saturated rings. The Labute approximate surface area is 175 Å². The second kappa shape index (κ2) is 10.2. The van der Waals surface area contributed by atoms with Gasteiger partial charge in [-0.05, 0) is 34.4 Å². The molecule has 30 heavy (non-hydrogen) atoms. The van der Waals surface area contributed by atoms with Gasteiger partial charge in [-0.25, -0.2) is 4.79 Å². The number of methoxy groups -OCH3 is 2. The highest BCUT2D eigenvalue weighted by molar-refractivity contribution is 5.94. The molecule has 0 unspecified atom stereocenters. The quantitative estimate of drug-likeness (QED) is 0.357. The van der Waals surface area contributed by atoms with Crippen molar-refractivity contribution in [3.63, 3.8) is 0 Å². The number of carbonyl (C=O) groups is 1. The number of amides is 2. The molecular weight excluding hydrogens is 380 g/mol. The fourth-order valence-electron chi connectivity index (χ4n) is 3.29. The van der Waals surface area contributed by atoms with Crippen LogP contribution >= 0.6 is 0 Å².